The lowest BCUT2D eigenvalue weighted by molar-refractivity contribution is 1.87. The Morgan fingerprint density at radius 3 is 2.67 bits per heavy atom. The number of allylic oxidation sites excluding steroid dienone is 1. The van der Waals surface area contributed by atoms with Crippen LogP contribution >= 0.6 is 8.20 Å². The van der Waals surface area contributed by atoms with Crippen LogP contribution in [0.3, 0.4) is 0 Å². The van der Waals surface area contributed by atoms with E-state index in [4.69, 9.17) is 0 Å². The van der Waals surface area contributed by atoms with Crippen LogP contribution in [0.1, 0.15) is 0 Å². The molecule has 0 saturated heterocycles. The minimum Gasteiger partial charge on any atom is -0.265 e. The Morgan fingerprint density at radius 2 is 2.50 bits per heavy atom. The van der Waals surface area contributed by atoms with Crippen molar-refractivity contribution in [3.63, 3.8) is 0 Å². The molecule has 0 spiro atoms. The Kier molecular flexibility index (Phi) is 1.29. The van der Waals surface area contributed by atoms with Crippen LogP contribution in [0.4, 0.5) is 0 Å². The van der Waals surface area contributed by atoms with E-state index in [-0.39, 0.29) is 0 Å². The van der Waals surface area contributed by atoms with E-state index in [9.17, 15) is 0 Å². The quantitative estimate of drug-likeness (QED) is 0.397. The predicted octanol–water partition coefficient (Wildman–Crippen LogP) is 0.755. The summed E-state index contributed by atoms with van der Waals surface area (Å²) in [6.07, 6.45) is 3.78. The molecule has 1 nitrogen and oxygen atoms in total. The predicted molar refractivity (Wildman–Crippen MR) is 33.4 cm³/mol. The molecular weight excluding hydrogens is 93.0 g/mol. The average molecular weight is 99.1 g/mol. The molecule has 0 aromatic carbocycles. The van der Waals surface area contributed by atoms with Crippen molar-refractivity contribution in [2.45, 2.75) is 0 Å². The molecule has 0 N–H and O–H groups in total. The summed E-state index contributed by atoms with van der Waals surface area (Å²) in [6.45, 7) is 0. The molecule has 0 aromatic heterocycles. The molecule has 0 fully saturated rings. The van der Waals surface area contributed by atoms with Crippen LogP contribution in [0.5, 0.6) is 0 Å². The van der Waals surface area contributed by atoms with Crippen LogP contribution in [0.15, 0.2) is 16.9 Å². The lowest BCUT2D eigenvalue weighted by Gasteiger charge is -1.78. The van der Waals surface area contributed by atoms with Crippen molar-refractivity contribution < 1.29 is 0 Å². The van der Waals surface area contributed by atoms with E-state index >= 15 is 0 Å². The van der Waals surface area contributed by atoms with E-state index in [0.717, 1.165) is 0 Å². The molecule has 0 aliphatic carbocycles. The molecule has 0 saturated carbocycles. The van der Waals surface area contributed by atoms with Crippen molar-refractivity contribution in [2.75, 3.05) is 0 Å². The molecule has 2 heteroatoms. The highest BCUT2D eigenvalue weighted by Crippen LogP contribution is 1.96. The summed E-state index contributed by atoms with van der Waals surface area (Å²) < 4.78 is 0. The third-order valence-electron chi connectivity index (χ3n) is 0.566. The van der Waals surface area contributed by atoms with E-state index < -0.39 is 0 Å². The van der Waals surface area contributed by atoms with Gasteiger partial charge < -0.3 is 0 Å². The minimum absolute atomic E-state index is 0.402. The second-order valence-corrected chi connectivity index (χ2v) is 2.09. The molecule has 0 amide bonds. The number of hydrogen-bond donors (Lipinski definition) is 0. The number of aliphatic imine (C=N–C) groups is 1. The summed E-state index contributed by atoms with van der Waals surface area (Å²) in [5.41, 5.74) is 0. The summed E-state index contributed by atoms with van der Waals surface area (Å²) in [5, 5.41) is 0. The highest BCUT2D eigenvalue weighted by molar-refractivity contribution is 7.42. The number of rotatable bonds is 0. The van der Waals surface area contributed by atoms with Crippen molar-refractivity contribution in [3.8, 4) is 0 Å². The van der Waals surface area contributed by atoms with E-state index in [0.29, 0.717) is 8.20 Å². The Hall–Kier alpha value is -0.290. The first-order valence-corrected chi connectivity index (χ1v) is 3.18. The average Bonchev–Trinajstić information content (AvgIpc) is 1.72. The zero-order valence-electron chi connectivity index (χ0n) is 3.33. The van der Waals surface area contributed by atoms with Crippen molar-refractivity contribution in [2.24, 2.45) is 4.99 Å². The summed E-state index contributed by atoms with van der Waals surface area (Å²) in [4.78, 5) is 3.88. The van der Waals surface area contributed by atoms with Gasteiger partial charge in [0.1, 0.15) is 0 Å². The van der Waals surface area contributed by atoms with Crippen LogP contribution < -0.4 is 0 Å². The summed E-state index contributed by atoms with van der Waals surface area (Å²) in [5.74, 6) is 4.10. The van der Waals surface area contributed by atoms with Gasteiger partial charge >= 0.3 is 0 Å². The fourth-order valence-electron chi connectivity index (χ4n) is 0.313. The molecule has 1 atom stereocenters. The molecule has 0 bridgehead atoms. The second kappa shape index (κ2) is 1.99. The van der Waals surface area contributed by atoms with Gasteiger partial charge in [-0.3, -0.25) is 4.99 Å². The van der Waals surface area contributed by atoms with Crippen molar-refractivity contribution in [1.29, 1.82) is 0 Å². The molecule has 6 heavy (non-hydrogen) atoms. The molecular formula is C4H6NP. The molecule has 1 aliphatic rings. The molecule has 1 aliphatic heterocycles. The normalized spacial score (nSPS) is 21.3. The first-order valence-electron chi connectivity index (χ1n) is 1.85. The summed E-state index contributed by atoms with van der Waals surface area (Å²) in [7, 11) is 0.402. The van der Waals surface area contributed by atoms with Crippen LogP contribution in [-0.2, 0) is 0 Å². The van der Waals surface area contributed by atoms with Gasteiger partial charge in [0.05, 0.1) is 0 Å². The van der Waals surface area contributed by atoms with Crippen LogP contribution in [0.2, 0.25) is 0 Å². The van der Waals surface area contributed by atoms with Crippen molar-refractivity contribution in [3.05, 3.63) is 11.9 Å². The molecule has 0 radical (unpaired) electrons. The third-order valence-corrected chi connectivity index (χ3v) is 1.36. The van der Waals surface area contributed by atoms with Gasteiger partial charge in [0.2, 0.25) is 0 Å². The Balaban J connectivity index is 2.77. The van der Waals surface area contributed by atoms with Crippen LogP contribution in [-0.4, -0.2) is 12.1 Å². The lowest BCUT2D eigenvalue weighted by Crippen LogP contribution is -1.65. The van der Waals surface area contributed by atoms with Gasteiger partial charge in [-0.2, -0.15) is 0 Å². The van der Waals surface area contributed by atoms with Gasteiger partial charge in [-0.05, 0) is 6.08 Å². The van der Waals surface area contributed by atoms with E-state index in [1.54, 1.807) is 6.21 Å². The minimum atomic E-state index is 0.402. The van der Waals surface area contributed by atoms with Crippen LogP contribution in [0.25, 0.3) is 0 Å². The first kappa shape index (κ1) is 3.89. The zero-order chi connectivity index (χ0) is 4.24. The molecule has 1 rings (SSSR count). The fourth-order valence-corrected chi connectivity index (χ4v) is 0.838. The number of nitrogens with zero attached hydrogens (tertiary/aromatic N) is 1. The van der Waals surface area contributed by atoms with Gasteiger partial charge in [0.25, 0.3) is 0 Å². The van der Waals surface area contributed by atoms with E-state index in [2.05, 4.69) is 10.8 Å². The van der Waals surface area contributed by atoms with Gasteiger partial charge in [0, 0.05) is 12.1 Å². The zero-order valence-corrected chi connectivity index (χ0v) is 4.49. The van der Waals surface area contributed by atoms with Gasteiger partial charge in [-0.1, -0.05) is 14.0 Å². The van der Waals surface area contributed by atoms with Gasteiger partial charge in [-0.15, -0.1) is 0 Å². The Morgan fingerprint density at radius 1 is 1.50 bits per heavy atom. The molecule has 32 valence electrons. The second-order valence-electron chi connectivity index (χ2n) is 1.02. The SMILES string of the molecule is C1=C[PH2]=CN=C1. The van der Waals surface area contributed by atoms with Crippen molar-refractivity contribution in [1.82, 2.24) is 0 Å². The standard InChI is InChI=1S/C4H6NP/c1-2-5-4-6-3-1/h1-4H,6H2. The maximum absolute atomic E-state index is 3.88. The maximum atomic E-state index is 3.88. The van der Waals surface area contributed by atoms with Gasteiger partial charge in [0.15, 0.2) is 0 Å². The largest absolute Gasteiger partial charge is 0.265 e. The smallest absolute Gasteiger partial charge is 0.0268 e. The lowest BCUT2D eigenvalue weighted by atomic mass is 10.7. The fraction of sp³-hybridized carbons (Fsp3) is 0. The van der Waals surface area contributed by atoms with Crippen molar-refractivity contribution >= 4 is 20.3 Å². The van der Waals surface area contributed by atoms with E-state index in [1.165, 1.54) is 0 Å². The number of hydrogen-bond acceptors (Lipinski definition) is 1. The third kappa shape index (κ3) is 0.836. The maximum Gasteiger partial charge on any atom is 0.0268 e. The molecule has 1 heterocycles. The molecule has 1 unspecified atom stereocenters. The highest BCUT2D eigenvalue weighted by atomic mass is 31.1. The monoisotopic (exact) mass is 99.0 g/mol. The first-order chi connectivity index (χ1) is 3.00. The highest BCUT2D eigenvalue weighted by Gasteiger charge is 1.64. The topological polar surface area (TPSA) is 12.4 Å². The van der Waals surface area contributed by atoms with Gasteiger partial charge in [-0.25, -0.2) is 0 Å². The molecule has 0 aromatic rings. The summed E-state index contributed by atoms with van der Waals surface area (Å²) in [6, 6.07) is 0. The Bertz CT molecular complexity index is 76.9. The van der Waals surface area contributed by atoms with E-state index in [1.807, 2.05) is 12.0 Å². The Labute approximate surface area is 38.2 Å². The summed E-state index contributed by atoms with van der Waals surface area (Å²) >= 11 is 0. The van der Waals surface area contributed by atoms with Crippen LogP contribution in [0, 0.1) is 0 Å².